The first kappa shape index (κ1) is 16.1. The first-order valence-corrected chi connectivity index (χ1v) is 8.01. The molecule has 2 aromatic carbocycles. The van der Waals surface area contributed by atoms with Crippen LogP contribution in [0, 0.1) is 0 Å². The van der Waals surface area contributed by atoms with Crippen LogP contribution in [0.25, 0.3) is 0 Å². The summed E-state index contributed by atoms with van der Waals surface area (Å²) >= 11 is 24.5. The van der Waals surface area contributed by atoms with E-state index in [1.54, 1.807) is 30.3 Å². The zero-order valence-electron chi connectivity index (χ0n) is 9.68. The van der Waals surface area contributed by atoms with Gasteiger partial charge in [0, 0.05) is 19.5 Å². The van der Waals surface area contributed by atoms with Gasteiger partial charge < -0.3 is 5.32 Å². The number of amides is 1. The summed E-state index contributed by atoms with van der Waals surface area (Å²) in [6, 6.07) is 8.29. The fourth-order valence-electron chi connectivity index (χ4n) is 1.50. The Morgan fingerprint density at radius 2 is 1.70 bits per heavy atom. The second-order valence-electron chi connectivity index (χ2n) is 3.84. The van der Waals surface area contributed by atoms with Gasteiger partial charge >= 0.3 is 0 Å². The summed E-state index contributed by atoms with van der Waals surface area (Å²) in [5.41, 5.74) is 0.848. The molecule has 1 amide bonds. The highest BCUT2D eigenvalue weighted by Crippen LogP contribution is 2.36. The van der Waals surface area contributed by atoms with Crippen molar-refractivity contribution in [3.8, 4) is 0 Å². The molecular weight excluding hydrogens is 452 g/mol. The van der Waals surface area contributed by atoms with Crippen molar-refractivity contribution >= 4 is 78.3 Å². The van der Waals surface area contributed by atoms with Crippen LogP contribution >= 0.6 is 66.7 Å². The van der Waals surface area contributed by atoms with E-state index in [9.17, 15) is 4.79 Å². The molecule has 0 saturated carbocycles. The number of anilines is 1. The predicted octanol–water partition coefficient (Wildman–Crippen LogP) is 6.42. The fraction of sp³-hybridized carbons (Fsp3) is 0. The molecule has 104 valence electrons. The molecule has 2 aromatic rings. The molecular formula is C13H6Br2Cl3NO. The van der Waals surface area contributed by atoms with Gasteiger partial charge in [-0.25, -0.2) is 0 Å². The molecule has 0 atom stereocenters. The van der Waals surface area contributed by atoms with Gasteiger partial charge in [-0.1, -0.05) is 50.7 Å². The van der Waals surface area contributed by atoms with Gasteiger partial charge in [0.25, 0.3) is 5.91 Å². The number of hydrogen-bond donors (Lipinski definition) is 1. The summed E-state index contributed by atoms with van der Waals surface area (Å²) in [6.07, 6.45) is 0. The molecule has 0 fully saturated rings. The zero-order valence-corrected chi connectivity index (χ0v) is 15.1. The first-order chi connectivity index (χ1) is 9.38. The van der Waals surface area contributed by atoms with Crippen LogP contribution in [-0.2, 0) is 0 Å². The third kappa shape index (κ3) is 3.68. The Labute approximate surface area is 147 Å². The molecule has 0 aromatic heterocycles. The average Bonchev–Trinajstić information content (AvgIpc) is 2.38. The highest BCUT2D eigenvalue weighted by atomic mass is 79.9. The van der Waals surface area contributed by atoms with E-state index < -0.39 is 0 Å². The van der Waals surface area contributed by atoms with E-state index in [0.29, 0.717) is 25.8 Å². The van der Waals surface area contributed by atoms with Gasteiger partial charge in [-0.3, -0.25) is 4.79 Å². The van der Waals surface area contributed by atoms with Crippen LogP contribution in [0.4, 0.5) is 5.69 Å². The van der Waals surface area contributed by atoms with Gasteiger partial charge in [0.2, 0.25) is 0 Å². The second-order valence-corrected chi connectivity index (χ2v) is 6.80. The Hall–Kier alpha value is -0.260. The number of rotatable bonds is 2. The number of halogens is 5. The first-order valence-electron chi connectivity index (χ1n) is 5.29. The lowest BCUT2D eigenvalue weighted by atomic mass is 10.2. The van der Waals surface area contributed by atoms with Crippen molar-refractivity contribution in [2.24, 2.45) is 0 Å². The SMILES string of the molecule is O=C(Nc1ccc(Br)c(Cl)c1Cl)c1cc(Cl)cc(Br)c1. The summed E-state index contributed by atoms with van der Waals surface area (Å²) in [6.45, 7) is 0. The monoisotopic (exact) mass is 455 g/mol. The van der Waals surface area contributed by atoms with Crippen molar-refractivity contribution in [1.82, 2.24) is 0 Å². The maximum Gasteiger partial charge on any atom is 0.255 e. The summed E-state index contributed by atoms with van der Waals surface area (Å²) in [5, 5.41) is 3.77. The predicted molar refractivity (Wildman–Crippen MR) is 91.3 cm³/mol. The van der Waals surface area contributed by atoms with Crippen molar-refractivity contribution in [3.05, 3.63) is 59.9 Å². The molecule has 7 heteroatoms. The normalized spacial score (nSPS) is 10.4. The molecule has 2 rings (SSSR count). The van der Waals surface area contributed by atoms with E-state index >= 15 is 0 Å². The Morgan fingerprint density at radius 1 is 1.00 bits per heavy atom. The Bertz CT molecular complexity index is 671. The van der Waals surface area contributed by atoms with Crippen LogP contribution in [-0.4, -0.2) is 5.91 Å². The third-order valence-electron chi connectivity index (χ3n) is 2.41. The van der Waals surface area contributed by atoms with E-state index in [1.165, 1.54) is 0 Å². The standard InChI is InChI=1S/C13H6Br2Cl3NO/c14-7-3-6(4-8(16)5-7)13(20)19-10-2-1-9(15)11(17)12(10)18/h1-5H,(H,19,20). The maximum absolute atomic E-state index is 12.2. The smallest absolute Gasteiger partial charge is 0.255 e. The topological polar surface area (TPSA) is 29.1 Å². The van der Waals surface area contributed by atoms with Crippen molar-refractivity contribution in [2.75, 3.05) is 5.32 Å². The van der Waals surface area contributed by atoms with Crippen LogP contribution in [0.2, 0.25) is 15.1 Å². The number of benzene rings is 2. The minimum absolute atomic E-state index is 0.274. The molecule has 0 heterocycles. The van der Waals surface area contributed by atoms with Gasteiger partial charge in [0.05, 0.1) is 15.7 Å². The van der Waals surface area contributed by atoms with E-state index in [-0.39, 0.29) is 10.9 Å². The van der Waals surface area contributed by atoms with Crippen molar-refractivity contribution < 1.29 is 4.79 Å². The molecule has 2 nitrogen and oxygen atoms in total. The third-order valence-corrected chi connectivity index (χ3v) is 4.86. The molecule has 0 spiro atoms. The number of nitrogens with one attached hydrogen (secondary N) is 1. The number of hydrogen-bond acceptors (Lipinski definition) is 1. The lowest BCUT2D eigenvalue weighted by molar-refractivity contribution is 0.102. The summed E-state index contributed by atoms with van der Waals surface area (Å²) in [5.74, 6) is -0.325. The molecule has 0 unspecified atom stereocenters. The lowest BCUT2D eigenvalue weighted by Gasteiger charge is -2.10. The molecule has 0 aliphatic rings. The number of carbonyl (C=O) groups is 1. The molecule has 1 N–H and O–H groups in total. The minimum atomic E-state index is -0.325. The highest BCUT2D eigenvalue weighted by molar-refractivity contribution is 9.10. The van der Waals surface area contributed by atoms with Gasteiger partial charge in [-0.05, 0) is 46.3 Å². The largest absolute Gasteiger partial charge is 0.321 e. The lowest BCUT2D eigenvalue weighted by Crippen LogP contribution is -2.12. The number of carbonyl (C=O) groups excluding carboxylic acids is 1. The van der Waals surface area contributed by atoms with Gasteiger partial charge in [-0.15, -0.1) is 0 Å². The van der Waals surface area contributed by atoms with Crippen molar-refractivity contribution in [2.45, 2.75) is 0 Å². The van der Waals surface area contributed by atoms with E-state index in [0.717, 1.165) is 4.47 Å². The molecule has 0 bridgehead atoms. The Balaban J connectivity index is 2.30. The molecule has 0 radical (unpaired) electrons. The molecule has 0 saturated heterocycles. The molecule has 20 heavy (non-hydrogen) atoms. The average molecular weight is 458 g/mol. The zero-order chi connectivity index (χ0) is 14.9. The van der Waals surface area contributed by atoms with Crippen molar-refractivity contribution in [1.29, 1.82) is 0 Å². The van der Waals surface area contributed by atoms with E-state index in [4.69, 9.17) is 34.8 Å². The highest BCUT2D eigenvalue weighted by Gasteiger charge is 2.13. The van der Waals surface area contributed by atoms with E-state index in [1.807, 2.05) is 0 Å². The maximum atomic E-state index is 12.2. The van der Waals surface area contributed by atoms with Crippen LogP contribution in [0.3, 0.4) is 0 Å². The second kappa shape index (κ2) is 6.67. The molecule has 0 aliphatic heterocycles. The van der Waals surface area contributed by atoms with E-state index in [2.05, 4.69) is 37.2 Å². The van der Waals surface area contributed by atoms with Crippen LogP contribution in [0.15, 0.2) is 39.3 Å². The van der Waals surface area contributed by atoms with Crippen LogP contribution in [0.5, 0.6) is 0 Å². The Morgan fingerprint density at radius 3 is 2.35 bits per heavy atom. The molecule has 0 aliphatic carbocycles. The van der Waals surface area contributed by atoms with Gasteiger partial charge in [0.15, 0.2) is 0 Å². The van der Waals surface area contributed by atoms with Gasteiger partial charge in [0.1, 0.15) is 0 Å². The van der Waals surface area contributed by atoms with Gasteiger partial charge in [-0.2, -0.15) is 0 Å². The summed E-state index contributed by atoms with van der Waals surface area (Å²) < 4.78 is 1.38. The van der Waals surface area contributed by atoms with Crippen LogP contribution in [0.1, 0.15) is 10.4 Å². The Kier molecular flexibility index (Phi) is 5.37. The fourth-order valence-corrected chi connectivity index (χ4v) is 3.18. The van der Waals surface area contributed by atoms with Crippen molar-refractivity contribution in [3.63, 3.8) is 0 Å². The summed E-state index contributed by atoms with van der Waals surface area (Å²) in [4.78, 5) is 12.2. The summed E-state index contributed by atoms with van der Waals surface area (Å²) in [7, 11) is 0. The van der Waals surface area contributed by atoms with Crippen LogP contribution < -0.4 is 5.32 Å². The minimum Gasteiger partial charge on any atom is -0.321 e. The quantitative estimate of drug-likeness (QED) is 0.517.